The van der Waals surface area contributed by atoms with Gasteiger partial charge < -0.3 is 5.73 Å². The van der Waals surface area contributed by atoms with Gasteiger partial charge in [-0.1, -0.05) is 0 Å². The highest BCUT2D eigenvalue weighted by Gasteiger charge is 2.32. The van der Waals surface area contributed by atoms with Gasteiger partial charge in [0, 0.05) is 18.5 Å². The van der Waals surface area contributed by atoms with E-state index in [1.165, 1.54) is 19.9 Å². The molecule has 0 heterocycles. The normalized spacial score (nSPS) is 13.4. The van der Waals surface area contributed by atoms with Crippen molar-refractivity contribution < 1.29 is 21.2 Å². The zero-order valence-electron chi connectivity index (χ0n) is 11.3. The van der Waals surface area contributed by atoms with E-state index >= 15 is 0 Å². The molecule has 0 aliphatic heterocycles. The van der Waals surface area contributed by atoms with Gasteiger partial charge in [-0.2, -0.15) is 0 Å². The highest BCUT2D eigenvalue weighted by molar-refractivity contribution is 7.92. The Hall–Kier alpha value is -1.19. The van der Waals surface area contributed by atoms with Gasteiger partial charge in [0.25, 0.3) is 0 Å². The molecule has 0 saturated carbocycles. The summed E-state index contributed by atoms with van der Waals surface area (Å²) >= 11 is 0. The largest absolute Gasteiger partial charge is 0.399 e. The maximum atomic E-state index is 13.5. The smallest absolute Gasteiger partial charge is 0.243 e. The standard InChI is InChI=1S/C11H17FN2O4S2/c1-11(2,19(3,15)16)7-14-20(17,18)10-6-8(13)4-5-9(10)12/h4-6,14H,7,13H2,1-3H3. The summed E-state index contributed by atoms with van der Waals surface area (Å²) in [6.45, 7) is 2.38. The van der Waals surface area contributed by atoms with Gasteiger partial charge in [0.2, 0.25) is 10.0 Å². The van der Waals surface area contributed by atoms with Crippen molar-refractivity contribution in [3.63, 3.8) is 0 Å². The molecule has 0 aliphatic rings. The molecule has 0 fully saturated rings. The highest BCUT2D eigenvalue weighted by Crippen LogP contribution is 2.19. The van der Waals surface area contributed by atoms with Crippen molar-refractivity contribution in [3.8, 4) is 0 Å². The molecule has 0 spiro atoms. The second kappa shape index (κ2) is 5.30. The summed E-state index contributed by atoms with van der Waals surface area (Å²) in [5.74, 6) is -0.955. The average molecular weight is 324 g/mol. The van der Waals surface area contributed by atoms with E-state index in [0.717, 1.165) is 18.4 Å². The average Bonchev–Trinajstić information content (AvgIpc) is 2.28. The van der Waals surface area contributed by atoms with E-state index in [1.54, 1.807) is 0 Å². The maximum absolute atomic E-state index is 13.5. The summed E-state index contributed by atoms with van der Waals surface area (Å²) < 4.78 is 61.3. The Bertz CT molecular complexity index is 712. The summed E-state index contributed by atoms with van der Waals surface area (Å²) in [6, 6.07) is 3.14. The van der Waals surface area contributed by atoms with Crippen LogP contribution in [0.4, 0.5) is 10.1 Å². The minimum atomic E-state index is -4.18. The highest BCUT2D eigenvalue weighted by atomic mass is 32.2. The van der Waals surface area contributed by atoms with E-state index < -0.39 is 35.3 Å². The molecule has 114 valence electrons. The number of anilines is 1. The molecule has 0 unspecified atom stereocenters. The van der Waals surface area contributed by atoms with Crippen LogP contribution in [0.3, 0.4) is 0 Å². The molecule has 0 bridgehead atoms. The zero-order chi connectivity index (χ0) is 15.8. The van der Waals surface area contributed by atoms with Crippen molar-refractivity contribution in [1.29, 1.82) is 0 Å². The molecule has 1 aromatic rings. The van der Waals surface area contributed by atoms with Crippen molar-refractivity contribution in [2.45, 2.75) is 23.5 Å². The first-order valence-corrected chi connectivity index (χ1v) is 8.98. The predicted molar refractivity (Wildman–Crippen MR) is 74.9 cm³/mol. The molecular formula is C11H17FN2O4S2. The van der Waals surface area contributed by atoms with Crippen LogP contribution in [-0.2, 0) is 19.9 Å². The van der Waals surface area contributed by atoms with Crippen molar-refractivity contribution >= 4 is 25.5 Å². The van der Waals surface area contributed by atoms with Gasteiger partial charge in [0.1, 0.15) is 10.7 Å². The second-order valence-corrected chi connectivity index (χ2v) is 9.43. The topological polar surface area (TPSA) is 106 Å². The molecule has 1 aromatic carbocycles. The van der Waals surface area contributed by atoms with Crippen LogP contribution in [0, 0.1) is 5.82 Å². The van der Waals surface area contributed by atoms with Gasteiger partial charge >= 0.3 is 0 Å². The number of nitrogen functional groups attached to an aromatic ring is 1. The minimum absolute atomic E-state index is 0.0918. The molecule has 0 saturated heterocycles. The SMILES string of the molecule is CC(C)(CNS(=O)(=O)c1cc(N)ccc1F)S(C)(=O)=O. The summed E-state index contributed by atoms with van der Waals surface area (Å²) in [7, 11) is -7.65. The van der Waals surface area contributed by atoms with E-state index in [2.05, 4.69) is 4.72 Å². The third-order valence-electron chi connectivity index (χ3n) is 2.94. The van der Waals surface area contributed by atoms with Crippen LogP contribution in [0.1, 0.15) is 13.8 Å². The van der Waals surface area contributed by atoms with E-state index in [-0.39, 0.29) is 12.2 Å². The van der Waals surface area contributed by atoms with Gasteiger partial charge in [0.15, 0.2) is 9.84 Å². The molecule has 20 heavy (non-hydrogen) atoms. The first kappa shape index (κ1) is 16.9. The summed E-state index contributed by atoms with van der Waals surface area (Å²) in [5.41, 5.74) is 5.51. The molecule has 0 aromatic heterocycles. The number of sulfone groups is 1. The lowest BCUT2D eigenvalue weighted by atomic mass is 10.2. The monoisotopic (exact) mass is 324 g/mol. The number of benzene rings is 1. The lowest BCUT2D eigenvalue weighted by molar-refractivity contribution is 0.531. The second-order valence-electron chi connectivity index (χ2n) is 5.05. The molecule has 6 nitrogen and oxygen atoms in total. The Morgan fingerprint density at radius 3 is 2.30 bits per heavy atom. The Kier molecular flexibility index (Phi) is 4.47. The van der Waals surface area contributed by atoms with Crippen LogP contribution >= 0.6 is 0 Å². The Morgan fingerprint density at radius 1 is 1.25 bits per heavy atom. The van der Waals surface area contributed by atoms with Crippen molar-refractivity contribution in [1.82, 2.24) is 4.72 Å². The molecule has 0 amide bonds. The summed E-state index contributed by atoms with van der Waals surface area (Å²) in [5, 5.41) is 0. The van der Waals surface area contributed by atoms with E-state index in [1.807, 2.05) is 0 Å². The van der Waals surface area contributed by atoms with E-state index in [4.69, 9.17) is 5.73 Å². The third-order valence-corrected chi connectivity index (χ3v) is 6.50. The van der Waals surface area contributed by atoms with E-state index in [0.29, 0.717) is 0 Å². The molecule has 1 rings (SSSR count). The van der Waals surface area contributed by atoms with E-state index in [9.17, 15) is 21.2 Å². The molecule has 0 aliphatic carbocycles. The number of sulfonamides is 1. The van der Waals surface area contributed by atoms with Crippen molar-refractivity contribution in [2.75, 3.05) is 18.5 Å². The van der Waals surface area contributed by atoms with Gasteiger partial charge in [-0.05, 0) is 32.0 Å². The number of hydrogen-bond acceptors (Lipinski definition) is 5. The number of nitrogens with two attached hydrogens (primary N) is 1. The molecular weight excluding hydrogens is 307 g/mol. The molecule has 9 heteroatoms. The molecule has 0 radical (unpaired) electrons. The van der Waals surface area contributed by atoms with Crippen LogP contribution in [0.2, 0.25) is 0 Å². The number of halogens is 1. The first-order valence-electron chi connectivity index (χ1n) is 5.61. The Labute approximate surface area is 118 Å². The molecule has 3 N–H and O–H groups in total. The van der Waals surface area contributed by atoms with Crippen LogP contribution in [-0.4, -0.2) is 34.4 Å². The van der Waals surface area contributed by atoms with Crippen LogP contribution in [0.25, 0.3) is 0 Å². The van der Waals surface area contributed by atoms with Gasteiger partial charge in [-0.3, -0.25) is 0 Å². The number of rotatable bonds is 5. The molecule has 0 atom stereocenters. The van der Waals surface area contributed by atoms with Gasteiger partial charge in [0.05, 0.1) is 4.75 Å². The fourth-order valence-electron chi connectivity index (χ4n) is 1.20. The van der Waals surface area contributed by atoms with Crippen LogP contribution in [0.15, 0.2) is 23.1 Å². The maximum Gasteiger partial charge on any atom is 0.243 e. The quantitative estimate of drug-likeness (QED) is 0.768. The van der Waals surface area contributed by atoms with Gasteiger partial charge in [-0.15, -0.1) is 0 Å². The third kappa shape index (κ3) is 3.68. The fraction of sp³-hybridized carbons (Fsp3) is 0.455. The van der Waals surface area contributed by atoms with Crippen molar-refractivity contribution in [2.24, 2.45) is 0 Å². The van der Waals surface area contributed by atoms with Gasteiger partial charge in [-0.25, -0.2) is 25.9 Å². The number of hydrogen-bond donors (Lipinski definition) is 2. The lowest BCUT2D eigenvalue weighted by Gasteiger charge is -2.22. The van der Waals surface area contributed by atoms with Crippen molar-refractivity contribution in [3.05, 3.63) is 24.0 Å². The number of nitrogens with one attached hydrogen (secondary N) is 1. The van der Waals surface area contributed by atoms with Crippen LogP contribution < -0.4 is 10.5 Å². The zero-order valence-corrected chi connectivity index (χ0v) is 13.0. The Balaban J connectivity index is 3.06. The summed E-state index contributed by atoms with van der Waals surface area (Å²) in [4.78, 5) is -0.609. The minimum Gasteiger partial charge on any atom is -0.399 e. The predicted octanol–water partition coefficient (Wildman–Crippen LogP) is 0.509. The summed E-state index contributed by atoms with van der Waals surface area (Å²) in [6.07, 6.45) is 1.00. The fourth-order valence-corrected chi connectivity index (χ4v) is 2.95. The van der Waals surface area contributed by atoms with Crippen LogP contribution in [0.5, 0.6) is 0 Å². The lowest BCUT2D eigenvalue weighted by Crippen LogP contribution is -2.43. The first-order chi connectivity index (χ1) is 8.87. The Morgan fingerprint density at radius 2 is 1.80 bits per heavy atom.